The van der Waals surface area contributed by atoms with Crippen molar-refractivity contribution in [3.05, 3.63) is 65.1 Å². The van der Waals surface area contributed by atoms with Gasteiger partial charge in [0.05, 0.1) is 54.5 Å². The minimum atomic E-state index is -0.636. The summed E-state index contributed by atoms with van der Waals surface area (Å²) in [4.78, 5) is 30.1. The molecule has 2 aromatic carbocycles. The zero-order valence-corrected chi connectivity index (χ0v) is 26.5. The van der Waals surface area contributed by atoms with Gasteiger partial charge in [-0.2, -0.15) is 15.2 Å². The molecule has 0 aliphatic carbocycles. The molecule has 10 nitrogen and oxygen atoms in total. The number of nitriles is 1. The fourth-order valence-electron chi connectivity index (χ4n) is 6.46. The average molecular weight is 652 g/mol. The number of ether oxygens (including phenoxy) is 2. The molecule has 3 aliphatic heterocycles. The van der Waals surface area contributed by atoms with Crippen molar-refractivity contribution in [1.82, 2.24) is 19.8 Å². The summed E-state index contributed by atoms with van der Waals surface area (Å²) in [7, 11) is 1.85. The Balaban J connectivity index is 1.31. The number of aromatic nitrogens is 2. The number of benzene rings is 2. The molecule has 3 aliphatic rings. The fourth-order valence-corrected chi connectivity index (χ4v) is 6.73. The summed E-state index contributed by atoms with van der Waals surface area (Å²) < 4.78 is 39.7. The van der Waals surface area contributed by atoms with E-state index in [9.17, 15) is 18.8 Å². The van der Waals surface area contributed by atoms with E-state index in [0.29, 0.717) is 70.1 Å². The SMILES string of the molecule is C=CC(=O)N1CCN(c2nc(OCCN(C)C3(CF)COC3)nc3c2CCN(c2cccc4ccc(F)c(Cl)c24)C3)C[C@@H]1CC#N. The van der Waals surface area contributed by atoms with Gasteiger partial charge in [-0.1, -0.05) is 36.4 Å². The first-order chi connectivity index (χ1) is 22.3. The van der Waals surface area contributed by atoms with E-state index < -0.39 is 18.0 Å². The number of amides is 1. The molecule has 3 aromatic rings. The molecule has 13 heteroatoms. The second-order valence-electron chi connectivity index (χ2n) is 12.0. The molecule has 0 saturated carbocycles. The Hall–Kier alpha value is -4.05. The highest BCUT2D eigenvalue weighted by atomic mass is 35.5. The summed E-state index contributed by atoms with van der Waals surface area (Å²) in [6.07, 6.45) is 2.05. The topological polar surface area (TPSA) is 98.1 Å². The van der Waals surface area contributed by atoms with Gasteiger partial charge in [0.15, 0.2) is 0 Å². The van der Waals surface area contributed by atoms with Gasteiger partial charge in [-0.25, -0.2) is 8.78 Å². The Morgan fingerprint density at radius 1 is 1.26 bits per heavy atom. The molecule has 0 radical (unpaired) electrons. The normalized spacial score (nSPS) is 19.0. The number of hydrogen-bond acceptors (Lipinski definition) is 9. The van der Waals surface area contributed by atoms with Gasteiger partial charge in [0.1, 0.15) is 24.9 Å². The molecule has 0 spiro atoms. The lowest BCUT2D eigenvalue weighted by atomic mass is 9.97. The average Bonchev–Trinajstić information content (AvgIpc) is 3.05. The number of likely N-dealkylation sites (N-methyl/N-ethyl adjacent to an activating group) is 1. The van der Waals surface area contributed by atoms with Crippen LogP contribution in [-0.2, 0) is 22.5 Å². The van der Waals surface area contributed by atoms with Gasteiger partial charge >= 0.3 is 6.01 Å². The lowest BCUT2D eigenvalue weighted by Gasteiger charge is -2.46. The van der Waals surface area contributed by atoms with Gasteiger partial charge in [-0.3, -0.25) is 9.69 Å². The van der Waals surface area contributed by atoms with Crippen LogP contribution in [0.5, 0.6) is 6.01 Å². The van der Waals surface area contributed by atoms with E-state index in [1.165, 1.54) is 12.1 Å². The molecule has 0 N–H and O–H groups in total. The monoisotopic (exact) mass is 651 g/mol. The Labute approximate surface area is 271 Å². The highest BCUT2D eigenvalue weighted by Crippen LogP contribution is 2.38. The third-order valence-electron chi connectivity index (χ3n) is 9.30. The van der Waals surface area contributed by atoms with Gasteiger partial charge in [0.25, 0.3) is 0 Å². The Kier molecular flexibility index (Phi) is 9.27. The summed E-state index contributed by atoms with van der Waals surface area (Å²) in [6, 6.07) is 10.9. The molecular formula is C33H36ClF2N7O3. The maximum Gasteiger partial charge on any atom is 0.318 e. The maximum atomic E-state index is 14.6. The Bertz CT molecular complexity index is 1680. The van der Waals surface area contributed by atoms with Crippen LogP contribution in [0.15, 0.2) is 43.0 Å². The number of piperazine rings is 1. The Morgan fingerprint density at radius 3 is 2.80 bits per heavy atom. The second kappa shape index (κ2) is 13.4. The second-order valence-corrected chi connectivity index (χ2v) is 12.4. The quantitative estimate of drug-likeness (QED) is 0.300. The van der Waals surface area contributed by atoms with E-state index in [2.05, 4.69) is 22.4 Å². The Morgan fingerprint density at radius 2 is 2.09 bits per heavy atom. The molecular weight excluding hydrogens is 616 g/mol. The fraction of sp³-hybridized carbons (Fsp3) is 0.455. The first-order valence-corrected chi connectivity index (χ1v) is 15.7. The standard InChI is InChI=1S/C33H36ClF2N7O3/c1-3-28(44)43-14-13-42(17-23(43)9-11-37)31-24-10-12-41(27-6-4-5-22-7-8-25(36)30(34)29(22)27)18-26(24)38-32(39-31)46-16-15-40(2)33(19-35)20-45-21-33/h3-8,23H,1,9-10,12-21H2,2H3/t23-/m0/s1. The molecule has 0 unspecified atom stereocenters. The molecule has 0 bridgehead atoms. The minimum absolute atomic E-state index is 0.0776. The zero-order valence-electron chi connectivity index (χ0n) is 25.7. The van der Waals surface area contributed by atoms with Crippen LogP contribution in [0.4, 0.5) is 20.3 Å². The number of rotatable bonds is 10. The smallest absolute Gasteiger partial charge is 0.318 e. The number of alkyl halides is 1. The van der Waals surface area contributed by atoms with Crippen LogP contribution >= 0.6 is 11.6 Å². The van der Waals surface area contributed by atoms with E-state index in [0.717, 1.165) is 22.3 Å². The van der Waals surface area contributed by atoms with Gasteiger partial charge in [0.2, 0.25) is 5.91 Å². The van der Waals surface area contributed by atoms with E-state index in [4.69, 9.17) is 31.0 Å². The molecule has 242 valence electrons. The van der Waals surface area contributed by atoms with Crippen molar-refractivity contribution in [3.8, 4) is 12.1 Å². The van der Waals surface area contributed by atoms with E-state index >= 15 is 0 Å². The first kappa shape index (κ1) is 31.9. The molecule has 1 amide bonds. The predicted octanol–water partition coefficient (Wildman–Crippen LogP) is 4.15. The third kappa shape index (κ3) is 5.95. The molecule has 1 aromatic heterocycles. The van der Waals surface area contributed by atoms with Crippen LogP contribution in [0.2, 0.25) is 5.02 Å². The number of nitrogens with zero attached hydrogens (tertiary/aromatic N) is 7. The summed E-state index contributed by atoms with van der Waals surface area (Å²) in [6.45, 7) is 6.82. The van der Waals surface area contributed by atoms with Crippen LogP contribution < -0.4 is 14.5 Å². The van der Waals surface area contributed by atoms with Crippen LogP contribution in [0.25, 0.3) is 10.8 Å². The number of carbonyl (C=O) groups is 1. The highest BCUT2D eigenvalue weighted by Gasteiger charge is 2.42. The number of hydrogen-bond donors (Lipinski definition) is 0. The largest absolute Gasteiger partial charge is 0.462 e. The van der Waals surface area contributed by atoms with Gasteiger partial charge in [-0.15, -0.1) is 0 Å². The summed E-state index contributed by atoms with van der Waals surface area (Å²) in [5.41, 5.74) is 1.89. The molecule has 6 rings (SSSR count). The number of carbonyl (C=O) groups excluding carboxylic acids is 1. The first-order valence-electron chi connectivity index (χ1n) is 15.3. The van der Waals surface area contributed by atoms with Crippen molar-refractivity contribution in [2.24, 2.45) is 0 Å². The van der Waals surface area contributed by atoms with Crippen molar-refractivity contribution in [3.63, 3.8) is 0 Å². The van der Waals surface area contributed by atoms with Crippen molar-refractivity contribution < 1.29 is 23.0 Å². The van der Waals surface area contributed by atoms with Crippen LogP contribution in [-0.4, -0.2) is 104 Å². The van der Waals surface area contributed by atoms with E-state index in [-0.39, 0.29) is 36.0 Å². The lowest BCUT2D eigenvalue weighted by Crippen LogP contribution is -2.63. The molecule has 46 heavy (non-hydrogen) atoms. The summed E-state index contributed by atoms with van der Waals surface area (Å²) in [5.74, 6) is 0.0195. The highest BCUT2D eigenvalue weighted by molar-refractivity contribution is 6.36. The van der Waals surface area contributed by atoms with Crippen molar-refractivity contribution >= 4 is 39.8 Å². The molecule has 1 atom stereocenters. The molecule has 4 heterocycles. The number of halogens is 3. The van der Waals surface area contributed by atoms with Gasteiger partial charge in [0, 0.05) is 49.4 Å². The zero-order chi connectivity index (χ0) is 32.4. The van der Waals surface area contributed by atoms with Crippen molar-refractivity contribution in [2.75, 3.05) is 76.1 Å². The van der Waals surface area contributed by atoms with E-state index in [1.54, 1.807) is 11.0 Å². The minimum Gasteiger partial charge on any atom is -0.462 e. The van der Waals surface area contributed by atoms with Gasteiger partial charge in [-0.05, 0) is 37.1 Å². The maximum absolute atomic E-state index is 14.6. The van der Waals surface area contributed by atoms with Crippen molar-refractivity contribution in [2.45, 2.75) is 31.0 Å². The van der Waals surface area contributed by atoms with Crippen LogP contribution in [0.1, 0.15) is 17.7 Å². The number of fused-ring (bicyclic) bond motifs is 2. The van der Waals surface area contributed by atoms with Gasteiger partial charge < -0.3 is 24.2 Å². The third-order valence-corrected chi connectivity index (χ3v) is 9.67. The van der Waals surface area contributed by atoms with Crippen LogP contribution in [0.3, 0.4) is 0 Å². The summed E-state index contributed by atoms with van der Waals surface area (Å²) in [5, 5.41) is 11.1. The molecule has 2 fully saturated rings. The van der Waals surface area contributed by atoms with E-state index in [1.807, 2.05) is 30.1 Å². The predicted molar refractivity (Wildman–Crippen MR) is 171 cm³/mol. The number of anilines is 2. The van der Waals surface area contributed by atoms with Crippen molar-refractivity contribution in [1.29, 1.82) is 5.26 Å². The summed E-state index contributed by atoms with van der Waals surface area (Å²) >= 11 is 6.48. The molecule has 2 saturated heterocycles. The van der Waals surface area contributed by atoms with Crippen LogP contribution in [0, 0.1) is 17.1 Å². The lowest BCUT2D eigenvalue weighted by molar-refractivity contribution is -0.142.